The van der Waals surface area contributed by atoms with E-state index in [1.54, 1.807) is 24.3 Å². The number of ether oxygens (including phenoxy) is 3. The third-order valence-corrected chi connectivity index (χ3v) is 8.64. The van der Waals surface area contributed by atoms with Crippen molar-refractivity contribution in [2.45, 2.75) is 50.0 Å². The van der Waals surface area contributed by atoms with Crippen LogP contribution in [0.4, 0.5) is 20.3 Å². The number of carboxylic acids is 1. The second-order valence-electron chi connectivity index (χ2n) is 11.5. The summed E-state index contributed by atoms with van der Waals surface area (Å²) in [6.45, 7) is 4.72. The number of hydrogen-bond acceptors (Lipinski definition) is 10. The lowest BCUT2D eigenvalue weighted by Crippen LogP contribution is -2.68. The molecule has 1 aromatic carbocycles. The van der Waals surface area contributed by atoms with E-state index in [2.05, 4.69) is 25.8 Å². The molecule has 7 rings (SSSR count). The van der Waals surface area contributed by atoms with E-state index >= 15 is 0 Å². The van der Waals surface area contributed by atoms with Gasteiger partial charge < -0.3 is 33.5 Å². The number of aliphatic carboxylic acids is 1. The Morgan fingerprint density at radius 3 is 2.75 bits per heavy atom. The fourth-order valence-corrected chi connectivity index (χ4v) is 6.19. The Kier molecular flexibility index (Phi) is 6.60. The number of anilines is 2. The average Bonchev–Trinajstić information content (AvgIpc) is 3.58. The molecule has 0 amide bonds. The van der Waals surface area contributed by atoms with Crippen molar-refractivity contribution in [3.8, 4) is 18.2 Å². The number of benzene rings is 1. The maximum absolute atomic E-state index is 14.6. The van der Waals surface area contributed by atoms with Crippen molar-refractivity contribution < 1.29 is 37.3 Å². The molecule has 13 heteroatoms. The molecule has 6 heterocycles. The fourth-order valence-electron chi connectivity index (χ4n) is 6.19. The van der Waals surface area contributed by atoms with E-state index in [0.29, 0.717) is 55.5 Å². The standard InChI is InChI=1S/C31H29F2N5O6/c1-4-18-11-21(37-9-10-42-31(17(37)2)15-41-16-31)27(34-13-18)43-19-12-22(28(39)40)38(14-19)26-25-24(35-29(36-26)30(3,32)33)20-7-5-6-8-23(20)44-25/h1,5-8,11,13,17,19,22H,9-10,12,14-16H2,2-3H3,(H,39,40)/t17-,19-,22-/m0/s1. The van der Waals surface area contributed by atoms with Crippen LogP contribution in [0.1, 0.15) is 31.7 Å². The number of halogens is 2. The lowest BCUT2D eigenvalue weighted by atomic mass is 9.90. The monoisotopic (exact) mass is 605 g/mol. The number of aromatic nitrogens is 3. The second-order valence-corrected chi connectivity index (χ2v) is 11.5. The minimum absolute atomic E-state index is 0.0172. The van der Waals surface area contributed by atoms with Crippen LogP contribution in [-0.2, 0) is 20.2 Å². The molecule has 1 spiro atoms. The topological polar surface area (TPSA) is 123 Å². The highest BCUT2D eigenvalue weighted by molar-refractivity contribution is 6.06. The van der Waals surface area contributed by atoms with Crippen LogP contribution >= 0.6 is 0 Å². The van der Waals surface area contributed by atoms with Crippen molar-refractivity contribution in [2.75, 3.05) is 42.7 Å². The Morgan fingerprint density at radius 1 is 1.25 bits per heavy atom. The van der Waals surface area contributed by atoms with Crippen molar-refractivity contribution in [1.29, 1.82) is 0 Å². The first-order valence-electron chi connectivity index (χ1n) is 14.3. The number of hydrogen-bond donors (Lipinski definition) is 1. The largest absolute Gasteiger partial charge is 0.480 e. The maximum atomic E-state index is 14.6. The highest BCUT2D eigenvalue weighted by atomic mass is 19.3. The zero-order chi connectivity index (χ0) is 30.8. The number of pyridine rings is 1. The lowest BCUT2D eigenvalue weighted by Gasteiger charge is -2.53. The van der Waals surface area contributed by atoms with Gasteiger partial charge in [-0.1, -0.05) is 18.1 Å². The molecular weight excluding hydrogens is 576 g/mol. The van der Waals surface area contributed by atoms with E-state index in [-0.39, 0.29) is 41.8 Å². The number of terminal acetylenes is 1. The van der Waals surface area contributed by atoms with Gasteiger partial charge in [0.25, 0.3) is 0 Å². The summed E-state index contributed by atoms with van der Waals surface area (Å²) in [7, 11) is 0. The highest BCUT2D eigenvalue weighted by Gasteiger charge is 2.50. The molecule has 0 aliphatic carbocycles. The van der Waals surface area contributed by atoms with Crippen LogP contribution in [0, 0.1) is 12.3 Å². The molecule has 3 aromatic heterocycles. The van der Waals surface area contributed by atoms with Crippen molar-refractivity contribution in [3.63, 3.8) is 0 Å². The van der Waals surface area contributed by atoms with Crippen LogP contribution in [0.25, 0.3) is 22.1 Å². The first-order valence-corrected chi connectivity index (χ1v) is 14.3. The average molecular weight is 606 g/mol. The van der Waals surface area contributed by atoms with E-state index in [4.69, 9.17) is 25.1 Å². The number of carboxylic acid groups (broad SMARTS) is 1. The first-order chi connectivity index (χ1) is 21.1. The third-order valence-electron chi connectivity index (χ3n) is 8.64. The van der Waals surface area contributed by atoms with Gasteiger partial charge in [0.2, 0.25) is 11.7 Å². The zero-order valence-electron chi connectivity index (χ0n) is 24.0. The molecule has 44 heavy (non-hydrogen) atoms. The Morgan fingerprint density at radius 2 is 2.05 bits per heavy atom. The van der Waals surface area contributed by atoms with Gasteiger partial charge in [-0.15, -0.1) is 6.42 Å². The van der Waals surface area contributed by atoms with E-state index in [1.165, 1.54) is 11.1 Å². The minimum Gasteiger partial charge on any atom is -0.480 e. The smallest absolute Gasteiger partial charge is 0.326 e. The van der Waals surface area contributed by atoms with Crippen molar-refractivity contribution in [3.05, 3.63) is 47.9 Å². The molecule has 1 N–H and O–H groups in total. The fraction of sp³-hybridized carbons (Fsp3) is 0.419. The number of fused-ring (bicyclic) bond motifs is 3. The molecule has 0 radical (unpaired) electrons. The SMILES string of the molecule is C#Cc1cnc(O[C@H]2C[C@@H](C(=O)O)N(c3nc(C(C)(F)F)nc4c3oc3ccccc34)C2)c(N2CCOC3(COC3)[C@@H]2C)c1. The molecule has 4 aromatic rings. The molecule has 0 saturated carbocycles. The minimum atomic E-state index is -3.38. The molecule has 0 bridgehead atoms. The summed E-state index contributed by atoms with van der Waals surface area (Å²) >= 11 is 0. The highest BCUT2D eigenvalue weighted by Crippen LogP contribution is 2.41. The molecule has 228 valence electrons. The normalized spacial score (nSPS) is 23.2. The number of carbonyl (C=O) groups is 1. The molecule has 3 fully saturated rings. The van der Waals surface area contributed by atoms with Crippen LogP contribution in [0.3, 0.4) is 0 Å². The van der Waals surface area contributed by atoms with Crippen LogP contribution in [0.2, 0.25) is 0 Å². The van der Waals surface area contributed by atoms with Gasteiger partial charge in [0.1, 0.15) is 34.5 Å². The Labute approximate surface area is 250 Å². The summed E-state index contributed by atoms with van der Waals surface area (Å²) in [6.07, 6.45) is 6.57. The number of nitrogens with zero attached hydrogens (tertiary/aromatic N) is 5. The number of alkyl halides is 2. The van der Waals surface area contributed by atoms with Gasteiger partial charge in [0.15, 0.2) is 11.4 Å². The summed E-state index contributed by atoms with van der Waals surface area (Å²) in [5, 5.41) is 10.8. The Hall–Kier alpha value is -4.54. The van der Waals surface area contributed by atoms with Gasteiger partial charge >= 0.3 is 11.9 Å². The van der Waals surface area contributed by atoms with Crippen LogP contribution in [0.15, 0.2) is 40.9 Å². The molecule has 3 saturated heterocycles. The molecular formula is C31H29F2N5O6. The van der Waals surface area contributed by atoms with E-state index in [1.807, 2.05) is 13.0 Å². The van der Waals surface area contributed by atoms with Gasteiger partial charge in [0, 0.05) is 37.0 Å². The summed E-state index contributed by atoms with van der Waals surface area (Å²) < 4.78 is 53.2. The summed E-state index contributed by atoms with van der Waals surface area (Å²) in [4.78, 5) is 28.9. The third kappa shape index (κ3) is 4.56. The summed E-state index contributed by atoms with van der Waals surface area (Å²) in [5.74, 6) is -2.42. The van der Waals surface area contributed by atoms with Crippen LogP contribution < -0.4 is 14.5 Å². The zero-order valence-corrected chi connectivity index (χ0v) is 24.0. The van der Waals surface area contributed by atoms with Crippen LogP contribution in [-0.4, -0.2) is 82.7 Å². The predicted molar refractivity (Wildman–Crippen MR) is 155 cm³/mol. The molecule has 0 unspecified atom stereocenters. The predicted octanol–water partition coefficient (Wildman–Crippen LogP) is 3.97. The molecule has 3 aliphatic heterocycles. The van der Waals surface area contributed by atoms with Crippen molar-refractivity contribution in [1.82, 2.24) is 15.0 Å². The Balaban J connectivity index is 1.26. The quantitative estimate of drug-likeness (QED) is 0.321. The molecule has 3 aliphatic rings. The maximum Gasteiger partial charge on any atom is 0.326 e. The lowest BCUT2D eigenvalue weighted by molar-refractivity contribution is -0.228. The second kappa shape index (κ2) is 10.3. The van der Waals surface area contributed by atoms with Gasteiger partial charge in [-0.3, -0.25) is 0 Å². The van der Waals surface area contributed by atoms with E-state index in [9.17, 15) is 18.7 Å². The number of para-hydroxylation sites is 1. The molecule has 11 nitrogen and oxygen atoms in total. The molecule has 3 atom stereocenters. The summed E-state index contributed by atoms with van der Waals surface area (Å²) in [6, 6.07) is 7.48. The van der Waals surface area contributed by atoms with E-state index in [0.717, 1.165) is 0 Å². The van der Waals surface area contributed by atoms with Crippen molar-refractivity contribution in [2.24, 2.45) is 0 Å². The summed E-state index contributed by atoms with van der Waals surface area (Å²) in [5.41, 5.74) is 1.48. The van der Waals surface area contributed by atoms with Crippen LogP contribution in [0.5, 0.6) is 5.88 Å². The number of furan rings is 1. The number of rotatable bonds is 6. The van der Waals surface area contributed by atoms with Gasteiger partial charge in [0.05, 0.1) is 32.4 Å². The Bertz CT molecular complexity index is 1810. The van der Waals surface area contributed by atoms with Gasteiger partial charge in [-0.25, -0.2) is 19.7 Å². The first kappa shape index (κ1) is 28.2. The van der Waals surface area contributed by atoms with E-state index < -0.39 is 35.5 Å². The van der Waals surface area contributed by atoms with Crippen molar-refractivity contribution >= 4 is 39.5 Å². The number of morpholine rings is 1. The van der Waals surface area contributed by atoms with Gasteiger partial charge in [-0.05, 0) is 25.1 Å². The van der Waals surface area contributed by atoms with Gasteiger partial charge in [-0.2, -0.15) is 8.78 Å².